The predicted octanol–water partition coefficient (Wildman–Crippen LogP) is 3.80. The topological polar surface area (TPSA) is 120 Å². The van der Waals surface area contributed by atoms with Crippen molar-refractivity contribution in [1.29, 1.82) is 0 Å². The van der Waals surface area contributed by atoms with Crippen LogP contribution in [0.3, 0.4) is 0 Å². The fourth-order valence-corrected chi connectivity index (χ4v) is 7.55. The van der Waals surface area contributed by atoms with E-state index in [1.54, 1.807) is 18.7 Å². The van der Waals surface area contributed by atoms with E-state index in [1.807, 2.05) is 12.1 Å². The molecule has 1 aromatic heterocycles. The molecule has 1 aromatic carbocycles. The minimum Gasteiger partial charge on any atom is -0.354 e. The van der Waals surface area contributed by atoms with Crippen molar-refractivity contribution in [1.82, 2.24) is 19.9 Å². The van der Waals surface area contributed by atoms with Crippen LogP contribution in [0.5, 0.6) is 0 Å². The molecule has 0 spiro atoms. The smallest absolute Gasteiger partial charge is 0.322 e. The van der Waals surface area contributed by atoms with Crippen LogP contribution in [0, 0.1) is 11.2 Å². The van der Waals surface area contributed by atoms with Crippen LogP contribution >= 0.6 is 0 Å². The van der Waals surface area contributed by atoms with Gasteiger partial charge in [0.25, 0.3) is 0 Å². The summed E-state index contributed by atoms with van der Waals surface area (Å²) in [6.45, 7) is 4.42. The van der Waals surface area contributed by atoms with E-state index in [0.717, 1.165) is 56.0 Å². The number of pyridine rings is 1. The predicted molar refractivity (Wildman–Crippen MR) is 146 cm³/mol. The van der Waals surface area contributed by atoms with Crippen molar-refractivity contribution in [2.75, 3.05) is 18.1 Å². The number of urea groups is 1. The summed E-state index contributed by atoms with van der Waals surface area (Å²) in [5.74, 6) is -0.389. The summed E-state index contributed by atoms with van der Waals surface area (Å²) in [5.41, 5.74) is 2.22. The highest BCUT2D eigenvalue weighted by Gasteiger charge is 2.53. The van der Waals surface area contributed by atoms with E-state index in [0.29, 0.717) is 18.8 Å². The quantitative estimate of drug-likeness (QED) is 0.478. The van der Waals surface area contributed by atoms with Crippen LogP contribution in [0.1, 0.15) is 69.2 Å². The van der Waals surface area contributed by atoms with Crippen molar-refractivity contribution in [3.8, 4) is 0 Å². The Hall–Kier alpha value is -3.05. The summed E-state index contributed by atoms with van der Waals surface area (Å²) in [6.07, 6.45) is 7.40. The summed E-state index contributed by atoms with van der Waals surface area (Å²) in [5, 5.41) is 5.94. The maximum absolute atomic E-state index is 13.5. The molecule has 3 aliphatic carbocycles. The fourth-order valence-electron chi connectivity index (χ4n) is 6.47. The van der Waals surface area contributed by atoms with Crippen LogP contribution in [0.25, 0.3) is 0 Å². The lowest BCUT2D eigenvalue weighted by atomic mass is 9.51. The molecule has 39 heavy (non-hydrogen) atoms. The van der Waals surface area contributed by atoms with Gasteiger partial charge in [-0.25, -0.2) is 22.3 Å². The third kappa shape index (κ3) is 5.79. The van der Waals surface area contributed by atoms with Crippen molar-refractivity contribution in [2.24, 2.45) is 5.41 Å². The molecule has 4 aliphatic rings. The Morgan fingerprint density at radius 2 is 1.69 bits per heavy atom. The molecule has 1 aliphatic heterocycles. The number of fused-ring (bicyclic) bond motifs is 4. The van der Waals surface area contributed by atoms with Gasteiger partial charge in [-0.1, -0.05) is 12.1 Å². The maximum Gasteiger partial charge on any atom is 0.322 e. The van der Waals surface area contributed by atoms with Crippen LogP contribution in [0.15, 0.2) is 36.5 Å². The highest BCUT2D eigenvalue weighted by Crippen LogP contribution is 2.57. The molecule has 11 heteroatoms. The average Bonchev–Trinajstić information content (AvgIpc) is 3.31. The normalized spacial score (nSPS) is 24.4. The molecule has 0 saturated heterocycles. The highest BCUT2D eigenvalue weighted by atomic mass is 32.2. The lowest BCUT2D eigenvalue weighted by molar-refractivity contribution is -0.138. The van der Waals surface area contributed by atoms with E-state index in [1.165, 1.54) is 17.8 Å². The standard InChI is InChI=1S/C28H36FN5O4S/c1-26(2,33-39(3,37)38)18-31-24(35)28-11-8-27(9-12-28,10-13-28)20-4-6-22(7-5-20)32-25(36)34-16-19-14-21(29)15-30-23(19)17-34/h4-7,14-15,33H,8-13,16-18H2,1-3H3,(H,31,35)(H,32,36). The van der Waals surface area contributed by atoms with Crippen LogP contribution in [-0.2, 0) is 33.3 Å². The zero-order valence-electron chi connectivity index (χ0n) is 22.6. The largest absolute Gasteiger partial charge is 0.354 e. The summed E-state index contributed by atoms with van der Waals surface area (Å²) >= 11 is 0. The molecular formula is C28H36FN5O4S. The molecule has 2 aromatic rings. The molecule has 3 N–H and O–H groups in total. The van der Waals surface area contributed by atoms with Crippen molar-refractivity contribution < 1.29 is 22.4 Å². The molecule has 2 heterocycles. The molecule has 3 amide bonds. The number of benzene rings is 1. The fraction of sp³-hybridized carbons (Fsp3) is 0.536. The number of carbonyl (C=O) groups excluding carboxylic acids is 2. The lowest BCUT2D eigenvalue weighted by Gasteiger charge is -2.53. The number of hydrogen-bond donors (Lipinski definition) is 3. The summed E-state index contributed by atoms with van der Waals surface area (Å²) in [6, 6.07) is 9.16. The molecule has 3 fully saturated rings. The van der Waals surface area contributed by atoms with Gasteiger partial charge >= 0.3 is 6.03 Å². The van der Waals surface area contributed by atoms with Gasteiger partial charge in [-0.3, -0.25) is 9.78 Å². The monoisotopic (exact) mass is 557 g/mol. The van der Waals surface area contributed by atoms with Crippen molar-refractivity contribution in [3.05, 3.63) is 59.2 Å². The van der Waals surface area contributed by atoms with E-state index in [9.17, 15) is 22.4 Å². The average molecular weight is 558 g/mol. The first-order valence-electron chi connectivity index (χ1n) is 13.4. The van der Waals surface area contributed by atoms with Crippen molar-refractivity contribution in [3.63, 3.8) is 0 Å². The first-order valence-corrected chi connectivity index (χ1v) is 15.2. The van der Waals surface area contributed by atoms with Crippen LogP contribution in [-0.4, -0.2) is 48.6 Å². The highest BCUT2D eigenvalue weighted by molar-refractivity contribution is 7.88. The molecule has 0 atom stereocenters. The summed E-state index contributed by atoms with van der Waals surface area (Å²) in [7, 11) is -3.38. The summed E-state index contributed by atoms with van der Waals surface area (Å²) < 4.78 is 39.3. The van der Waals surface area contributed by atoms with E-state index in [2.05, 4.69) is 32.5 Å². The number of amides is 3. The van der Waals surface area contributed by atoms with Gasteiger partial charge in [0.2, 0.25) is 15.9 Å². The van der Waals surface area contributed by atoms with Gasteiger partial charge in [0.05, 0.1) is 24.7 Å². The Labute approximate surface area is 229 Å². The van der Waals surface area contributed by atoms with Gasteiger partial charge in [-0.15, -0.1) is 0 Å². The SMILES string of the molecule is CC(C)(CNC(=O)C12CCC(c3ccc(NC(=O)N4Cc5cc(F)cnc5C4)cc3)(CC1)CC2)NS(C)(=O)=O. The minimum absolute atomic E-state index is 0.0132. The lowest BCUT2D eigenvalue weighted by Crippen LogP contribution is -2.56. The van der Waals surface area contributed by atoms with Gasteiger partial charge in [-0.2, -0.15) is 0 Å². The molecule has 6 rings (SSSR count). The number of nitrogens with zero attached hydrogens (tertiary/aromatic N) is 2. The third-order valence-corrected chi connectivity index (χ3v) is 9.57. The number of anilines is 1. The Morgan fingerprint density at radius 3 is 2.31 bits per heavy atom. The van der Waals surface area contributed by atoms with Gasteiger partial charge in [0, 0.05) is 29.7 Å². The van der Waals surface area contributed by atoms with E-state index >= 15 is 0 Å². The first-order chi connectivity index (χ1) is 18.3. The third-order valence-electron chi connectivity index (χ3n) is 8.64. The number of aromatic nitrogens is 1. The number of sulfonamides is 1. The Kier molecular flexibility index (Phi) is 6.95. The second kappa shape index (κ2) is 9.85. The van der Waals surface area contributed by atoms with E-state index in [-0.39, 0.29) is 23.9 Å². The number of halogens is 1. The second-order valence-electron chi connectivity index (χ2n) is 12.1. The second-order valence-corrected chi connectivity index (χ2v) is 13.9. The Bertz CT molecular complexity index is 1370. The van der Waals surface area contributed by atoms with Gasteiger partial charge in [-0.05, 0) is 87.1 Å². The Balaban J connectivity index is 1.16. The number of nitrogens with one attached hydrogen (secondary N) is 3. The minimum atomic E-state index is -3.38. The molecule has 2 bridgehead atoms. The zero-order valence-corrected chi connectivity index (χ0v) is 23.5. The molecule has 0 unspecified atom stereocenters. The van der Waals surface area contributed by atoms with Crippen molar-refractivity contribution in [2.45, 2.75) is 76.4 Å². The molecule has 0 radical (unpaired) electrons. The number of rotatable bonds is 7. The van der Waals surface area contributed by atoms with Gasteiger partial charge < -0.3 is 15.5 Å². The molecule has 3 saturated carbocycles. The van der Waals surface area contributed by atoms with Gasteiger partial charge in [0.1, 0.15) is 5.82 Å². The molecule has 9 nitrogen and oxygen atoms in total. The first kappa shape index (κ1) is 27.5. The maximum atomic E-state index is 13.5. The van der Waals surface area contributed by atoms with Gasteiger partial charge in [0.15, 0.2) is 0 Å². The number of hydrogen-bond acceptors (Lipinski definition) is 5. The summed E-state index contributed by atoms with van der Waals surface area (Å²) in [4.78, 5) is 31.7. The van der Waals surface area contributed by atoms with Crippen LogP contribution in [0.4, 0.5) is 14.9 Å². The number of carbonyl (C=O) groups is 2. The zero-order chi connectivity index (χ0) is 28.1. The van der Waals surface area contributed by atoms with Crippen LogP contribution < -0.4 is 15.4 Å². The molecule has 210 valence electrons. The Morgan fingerprint density at radius 1 is 1.05 bits per heavy atom. The van der Waals surface area contributed by atoms with E-state index < -0.39 is 26.8 Å². The van der Waals surface area contributed by atoms with Crippen LogP contribution in [0.2, 0.25) is 0 Å². The molecular weight excluding hydrogens is 521 g/mol. The van der Waals surface area contributed by atoms with E-state index in [4.69, 9.17) is 0 Å². The van der Waals surface area contributed by atoms with Crippen molar-refractivity contribution >= 4 is 27.6 Å².